The zero-order valence-electron chi connectivity index (χ0n) is 11.3. The van der Waals surface area contributed by atoms with Crippen molar-refractivity contribution in [2.45, 2.75) is 11.8 Å². The molecule has 0 aliphatic rings. The van der Waals surface area contributed by atoms with Gasteiger partial charge in [-0.3, -0.25) is 14.9 Å². The van der Waals surface area contributed by atoms with Gasteiger partial charge in [0.25, 0.3) is 5.69 Å². The minimum absolute atomic E-state index is 0.0381. The van der Waals surface area contributed by atoms with E-state index in [2.05, 4.69) is 0 Å². The number of hydrogen-bond acceptors (Lipinski definition) is 5. The van der Waals surface area contributed by atoms with Crippen LogP contribution < -0.4 is 4.74 Å². The topological polar surface area (TPSA) is 69.4 Å². The molecule has 21 heavy (non-hydrogen) atoms. The monoisotopic (exact) mass is 303 g/mol. The fourth-order valence-electron chi connectivity index (χ4n) is 1.57. The number of nitro benzene ring substituents is 1. The van der Waals surface area contributed by atoms with Crippen molar-refractivity contribution in [2.24, 2.45) is 0 Å². The molecule has 6 heteroatoms. The van der Waals surface area contributed by atoms with E-state index in [1.165, 1.54) is 36.0 Å². The van der Waals surface area contributed by atoms with Crippen molar-refractivity contribution >= 4 is 23.4 Å². The Bertz CT molecular complexity index is 638. The number of thioether (sulfide) groups is 1. The number of carbonyl (C=O) groups is 1. The predicted molar refractivity (Wildman–Crippen MR) is 80.6 cm³/mol. The maximum absolute atomic E-state index is 11.7. The maximum atomic E-state index is 11.7. The lowest BCUT2D eigenvalue weighted by Crippen LogP contribution is -2.10. The van der Waals surface area contributed by atoms with Gasteiger partial charge in [-0.1, -0.05) is 17.7 Å². The van der Waals surface area contributed by atoms with E-state index in [1.54, 1.807) is 0 Å². The second kappa shape index (κ2) is 6.90. The standard InChI is InChI=1S/C15H13NO4S/c1-11-2-8-14(9-3-11)21-10-15(17)20-13-6-4-12(5-7-13)16(18)19/h2-9H,10H2,1H3. The molecule has 0 fully saturated rings. The third kappa shape index (κ3) is 4.61. The van der Waals surface area contributed by atoms with E-state index in [9.17, 15) is 14.9 Å². The predicted octanol–water partition coefficient (Wildman–Crippen LogP) is 3.60. The Hall–Kier alpha value is -2.34. The van der Waals surface area contributed by atoms with Gasteiger partial charge in [0.1, 0.15) is 5.75 Å². The van der Waals surface area contributed by atoms with Crippen LogP contribution in [0.1, 0.15) is 5.56 Å². The van der Waals surface area contributed by atoms with Crippen molar-refractivity contribution in [3.05, 3.63) is 64.2 Å². The number of esters is 1. The highest BCUT2D eigenvalue weighted by molar-refractivity contribution is 8.00. The molecule has 5 nitrogen and oxygen atoms in total. The van der Waals surface area contributed by atoms with E-state index >= 15 is 0 Å². The molecule has 108 valence electrons. The summed E-state index contributed by atoms with van der Waals surface area (Å²) in [6.07, 6.45) is 0. The lowest BCUT2D eigenvalue weighted by Gasteiger charge is -2.04. The quantitative estimate of drug-likeness (QED) is 0.277. The van der Waals surface area contributed by atoms with Gasteiger partial charge in [0.05, 0.1) is 10.7 Å². The van der Waals surface area contributed by atoms with Gasteiger partial charge in [0.15, 0.2) is 0 Å². The van der Waals surface area contributed by atoms with E-state index in [0.717, 1.165) is 10.5 Å². The van der Waals surface area contributed by atoms with Gasteiger partial charge in [-0.15, -0.1) is 11.8 Å². The number of rotatable bonds is 5. The van der Waals surface area contributed by atoms with Crippen LogP contribution in [0.25, 0.3) is 0 Å². The van der Waals surface area contributed by atoms with Crippen LogP contribution >= 0.6 is 11.8 Å². The summed E-state index contributed by atoms with van der Waals surface area (Å²) in [7, 11) is 0. The van der Waals surface area contributed by atoms with Crippen LogP contribution in [-0.2, 0) is 4.79 Å². The number of non-ortho nitro benzene ring substituents is 1. The summed E-state index contributed by atoms with van der Waals surface area (Å²) in [5.41, 5.74) is 1.12. The number of carbonyl (C=O) groups excluding carboxylic acids is 1. The summed E-state index contributed by atoms with van der Waals surface area (Å²) in [6.45, 7) is 2.00. The summed E-state index contributed by atoms with van der Waals surface area (Å²) >= 11 is 1.38. The van der Waals surface area contributed by atoms with E-state index in [4.69, 9.17) is 4.74 Å². The Morgan fingerprint density at radius 1 is 1.14 bits per heavy atom. The smallest absolute Gasteiger partial charge is 0.321 e. The number of nitrogens with zero attached hydrogens (tertiary/aromatic N) is 1. The summed E-state index contributed by atoms with van der Waals surface area (Å²) in [4.78, 5) is 22.7. The molecule has 0 amide bonds. The third-order valence-electron chi connectivity index (χ3n) is 2.66. The second-order valence-corrected chi connectivity index (χ2v) is 5.38. The van der Waals surface area contributed by atoms with Gasteiger partial charge in [-0.2, -0.15) is 0 Å². The Labute approximate surface area is 126 Å². The molecule has 0 saturated carbocycles. The lowest BCUT2D eigenvalue weighted by molar-refractivity contribution is -0.384. The molecule has 0 bridgehead atoms. The van der Waals surface area contributed by atoms with Gasteiger partial charge in [-0.25, -0.2) is 0 Å². The van der Waals surface area contributed by atoms with Gasteiger partial charge < -0.3 is 4.74 Å². The highest BCUT2D eigenvalue weighted by Crippen LogP contribution is 2.20. The van der Waals surface area contributed by atoms with Crippen LogP contribution in [0.15, 0.2) is 53.4 Å². The molecule has 0 atom stereocenters. The number of ether oxygens (including phenoxy) is 1. The first-order valence-electron chi connectivity index (χ1n) is 6.19. The van der Waals surface area contributed by atoms with Crippen LogP contribution in [0, 0.1) is 17.0 Å². The van der Waals surface area contributed by atoms with Crippen LogP contribution in [-0.4, -0.2) is 16.6 Å². The first-order valence-corrected chi connectivity index (χ1v) is 7.18. The summed E-state index contributed by atoms with van der Waals surface area (Å²) in [5.74, 6) is 0.0876. The molecular weight excluding hydrogens is 290 g/mol. The SMILES string of the molecule is Cc1ccc(SCC(=O)Oc2ccc([N+](=O)[O-])cc2)cc1. The molecule has 0 N–H and O–H groups in total. The summed E-state index contributed by atoms with van der Waals surface area (Å²) in [5, 5.41) is 10.5. The van der Waals surface area contributed by atoms with E-state index in [1.807, 2.05) is 31.2 Å². The van der Waals surface area contributed by atoms with Crippen molar-refractivity contribution in [2.75, 3.05) is 5.75 Å². The average Bonchev–Trinajstić information content (AvgIpc) is 2.47. The Balaban J connectivity index is 1.86. The zero-order chi connectivity index (χ0) is 15.2. The van der Waals surface area contributed by atoms with Gasteiger partial charge >= 0.3 is 5.97 Å². The summed E-state index contributed by atoms with van der Waals surface area (Å²) < 4.78 is 5.11. The Morgan fingerprint density at radius 2 is 1.76 bits per heavy atom. The molecule has 2 aromatic carbocycles. The van der Waals surface area contributed by atoms with Gasteiger partial charge in [0, 0.05) is 17.0 Å². The maximum Gasteiger partial charge on any atom is 0.321 e. The minimum atomic E-state index is -0.501. The first kappa shape index (κ1) is 15.1. The normalized spacial score (nSPS) is 10.1. The fraction of sp³-hybridized carbons (Fsp3) is 0.133. The Morgan fingerprint density at radius 3 is 2.33 bits per heavy atom. The van der Waals surface area contributed by atoms with Crippen LogP contribution in [0.5, 0.6) is 5.75 Å². The molecule has 0 aliphatic heterocycles. The van der Waals surface area contributed by atoms with E-state index in [-0.39, 0.29) is 11.4 Å². The molecule has 0 aromatic heterocycles. The second-order valence-electron chi connectivity index (χ2n) is 4.33. The highest BCUT2D eigenvalue weighted by atomic mass is 32.2. The molecule has 0 radical (unpaired) electrons. The van der Waals surface area contributed by atoms with Crippen molar-refractivity contribution in [3.8, 4) is 5.75 Å². The molecule has 0 spiro atoms. The molecular formula is C15H13NO4S. The van der Waals surface area contributed by atoms with Crippen molar-refractivity contribution in [1.29, 1.82) is 0 Å². The van der Waals surface area contributed by atoms with Gasteiger partial charge in [0.2, 0.25) is 0 Å². The molecule has 0 aliphatic carbocycles. The van der Waals surface area contributed by atoms with E-state index < -0.39 is 10.9 Å². The third-order valence-corrected chi connectivity index (χ3v) is 3.64. The largest absolute Gasteiger partial charge is 0.426 e. The minimum Gasteiger partial charge on any atom is -0.426 e. The van der Waals surface area contributed by atoms with E-state index in [0.29, 0.717) is 5.75 Å². The number of nitro groups is 1. The average molecular weight is 303 g/mol. The lowest BCUT2D eigenvalue weighted by atomic mass is 10.2. The number of hydrogen-bond donors (Lipinski definition) is 0. The fourth-order valence-corrected chi connectivity index (χ4v) is 2.25. The number of aryl methyl sites for hydroxylation is 1. The number of benzene rings is 2. The first-order chi connectivity index (χ1) is 10.0. The molecule has 2 rings (SSSR count). The van der Waals surface area contributed by atoms with Crippen molar-refractivity contribution < 1.29 is 14.5 Å². The summed E-state index contributed by atoms with van der Waals surface area (Å²) in [6, 6.07) is 13.3. The molecule has 0 unspecified atom stereocenters. The zero-order valence-corrected chi connectivity index (χ0v) is 12.1. The van der Waals surface area contributed by atoms with Crippen molar-refractivity contribution in [1.82, 2.24) is 0 Å². The van der Waals surface area contributed by atoms with Crippen LogP contribution in [0.3, 0.4) is 0 Å². The Kier molecular flexibility index (Phi) is 4.94. The van der Waals surface area contributed by atoms with Crippen molar-refractivity contribution in [3.63, 3.8) is 0 Å². The van der Waals surface area contributed by atoms with Crippen LogP contribution in [0.2, 0.25) is 0 Å². The molecule has 0 heterocycles. The molecule has 0 saturated heterocycles. The van der Waals surface area contributed by atoms with Crippen LogP contribution in [0.4, 0.5) is 5.69 Å². The highest BCUT2D eigenvalue weighted by Gasteiger charge is 2.08. The molecule has 2 aromatic rings. The van der Waals surface area contributed by atoms with Gasteiger partial charge in [-0.05, 0) is 31.2 Å².